The van der Waals surface area contributed by atoms with Gasteiger partial charge >= 0.3 is 0 Å². The van der Waals surface area contributed by atoms with Gasteiger partial charge in [0.25, 0.3) is 0 Å². The first-order chi connectivity index (χ1) is 11.1. The molecule has 0 fully saturated rings. The Morgan fingerprint density at radius 3 is 2.70 bits per heavy atom. The maximum Gasteiger partial charge on any atom is 0.241 e. The lowest BCUT2D eigenvalue weighted by Crippen LogP contribution is -2.14. The number of hydrogen-bond acceptors (Lipinski definition) is 8. The van der Waals surface area contributed by atoms with E-state index < -0.39 is 0 Å². The van der Waals surface area contributed by atoms with Crippen LogP contribution in [0.25, 0.3) is 10.6 Å². The predicted molar refractivity (Wildman–Crippen MR) is 94.1 cm³/mol. The molecule has 118 valence electrons. The quantitative estimate of drug-likeness (QED) is 0.700. The van der Waals surface area contributed by atoms with E-state index in [1.54, 1.807) is 0 Å². The van der Waals surface area contributed by atoms with Crippen LogP contribution in [0.1, 0.15) is 10.6 Å². The van der Waals surface area contributed by atoms with Crippen molar-refractivity contribution in [3.63, 3.8) is 0 Å². The molecule has 0 saturated carbocycles. The number of aryl methyl sites for hydroxylation is 2. The zero-order valence-corrected chi connectivity index (χ0v) is 14.9. The normalized spacial score (nSPS) is 10.7. The molecule has 9 heteroatoms. The average Bonchev–Trinajstić information content (AvgIpc) is 3.15. The maximum absolute atomic E-state index is 11.9. The van der Waals surface area contributed by atoms with Gasteiger partial charge in [0.1, 0.15) is 10.0 Å². The standard InChI is InChI=1S/C14H13N5OS3/c1-8-3-5-10(6-4-8)12-16-13(19-23-12)15-11(20)7-21-14-18-17-9(2)22-14/h3-6H,7H2,1-2H3,(H,15,19,20). The lowest BCUT2D eigenvalue weighted by Gasteiger charge is -1.98. The number of anilines is 1. The smallest absolute Gasteiger partial charge is 0.241 e. The summed E-state index contributed by atoms with van der Waals surface area (Å²) in [7, 11) is 0. The van der Waals surface area contributed by atoms with Crippen molar-refractivity contribution in [3.8, 4) is 10.6 Å². The Hall–Kier alpha value is -1.84. The van der Waals surface area contributed by atoms with Gasteiger partial charge in [-0.2, -0.15) is 9.36 Å². The number of aromatic nitrogens is 4. The minimum atomic E-state index is -0.156. The summed E-state index contributed by atoms with van der Waals surface area (Å²) in [5, 5.41) is 12.3. The third-order valence-corrected chi connectivity index (χ3v) is 5.55. The van der Waals surface area contributed by atoms with Gasteiger partial charge < -0.3 is 0 Å². The second-order valence-corrected chi connectivity index (χ2v) is 7.87. The summed E-state index contributed by atoms with van der Waals surface area (Å²) in [6, 6.07) is 8.04. The maximum atomic E-state index is 11.9. The largest absolute Gasteiger partial charge is 0.293 e. The SMILES string of the molecule is Cc1ccc(-c2nc(NC(=O)CSc3nnc(C)s3)ns2)cc1. The molecule has 1 amide bonds. The number of thioether (sulfide) groups is 1. The van der Waals surface area contributed by atoms with E-state index in [0.717, 1.165) is 19.9 Å². The summed E-state index contributed by atoms with van der Waals surface area (Å²) in [6.45, 7) is 3.92. The molecule has 2 heterocycles. The van der Waals surface area contributed by atoms with Gasteiger partial charge in [0.2, 0.25) is 11.9 Å². The minimum absolute atomic E-state index is 0.156. The Balaban J connectivity index is 1.58. The zero-order chi connectivity index (χ0) is 16.2. The first kappa shape index (κ1) is 16.0. The third kappa shape index (κ3) is 4.34. The van der Waals surface area contributed by atoms with Crippen LogP contribution in [0.15, 0.2) is 28.6 Å². The van der Waals surface area contributed by atoms with Crippen molar-refractivity contribution in [2.75, 3.05) is 11.1 Å². The van der Waals surface area contributed by atoms with Crippen LogP contribution >= 0.6 is 34.6 Å². The lowest BCUT2D eigenvalue weighted by atomic mass is 10.2. The summed E-state index contributed by atoms with van der Waals surface area (Å²) in [5.41, 5.74) is 2.18. The average molecular weight is 363 g/mol. The Kier molecular flexibility index (Phi) is 4.99. The number of nitrogens with one attached hydrogen (secondary N) is 1. The second kappa shape index (κ2) is 7.16. The highest BCUT2D eigenvalue weighted by molar-refractivity contribution is 8.01. The molecule has 0 atom stereocenters. The molecule has 3 aromatic rings. The number of amides is 1. The van der Waals surface area contributed by atoms with Crippen LogP contribution in [0, 0.1) is 13.8 Å². The monoisotopic (exact) mass is 363 g/mol. The third-order valence-electron chi connectivity index (χ3n) is 2.81. The molecule has 0 radical (unpaired) electrons. The molecule has 1 N–H and O–H groups in total. The van der Waals surface area contributed by atoms with E-state index in [1.165, 1.54) is 40.2 Å². The fourth-order valence-electron chi connectivity index (χ4n) is 1.71. The van der Waals surface area contributed by atoms with Crippen LogP contribution in [0.5, 0.6) is 0 Å². The Morgan fingerprint density at radius 1 is 1.22 bits per heavy atom. The van der Waals surface area contributed by atoms with Crippen molar-refractivity contribution >= 4 is 46.5 Å². The Bertz CT molecular complexity index is 812. The van der Waals surface area contributed by atoms with Gasteiger partial charge in [0.15, 0.2) is 4.34 Å². The molecule has 0 spiro atoms. The zero-order valence-electron chi connectivity index (χ0n) is 12.4. The molecule has 3 rings (SSSR count). The first-order valence-corrected chi connectivity index (χ1v) is 9.31. The molecule has 0 aliphatic heterocycles. The highest BCUT2D eigenvalue weighted by Gasteiger charge is 2.11. The van der Waals surface area contributed by atoms with Crippen molar-refractivity contribution in [1.29, 1.82) is 0 Å². The number of benzene rings is 1. The van der Waals surface area contributed by atoms with Gasteiger partial charge in [0, 0.05) is 5.56 Å². The van der Waals surface area contributed by atoms with E-state index in [9.17, 15) is 4.79 Å². The minimum Gasteiger partial charge on any atom is -0.293 e. The molecule has 0 aliphatic carbocycles. The van der Waals surface area contributed by atoms with Gasteiger partial charge in [-0.25, -0.2) is 0 Å². The number of carbonyl (C=O) groups is 1. The van der Waals surface area contributed by atoms with Crippen LogP contribution in [-0.4, -0.2) is 31.2 Å². The number of carbonyl (C=O) groups excluding carboxylic acids is 1. The van der Waals surface area contributed by atoms with Crippen LogP contribution < -0.4 is 5.32 Å². The highest BCUT2D eigenvalue weighted by Crippen LogP contribution is 2.24. The number of rotatable bonds is 5. The van der Waals surface area contributed by atoms with E-state index in [1.807, 2.05) is 38.1 Å². The van der Waals surface area contributed by atoms with Crippen molar-refractivity contribution < 1.29 is 4.79 Å². The van der Waals surface area contributed by atoms with Gasteiger partial charge in [-0.3, -0.25) is 10.1 Å². The molecule has 0 aliphatic rings. The molecular formula is C14H13N5OS3. The predicted octanol–water partition coefficient (Wildman–Crippen LogP) is 3.40. The summed E-state index contributed by atoms with van der Waals surface area (Å²) in [6.07, 6.45) is 0. The van der Waals surface area contributed by atoms with Crippen molar-refractivity contribution in [2.24, 2.45) is 0 Å². The molecule has 0 bridgehead atoms. The molecule has 23 heavy (non-hydrogen) atoms. The van der Waals surface area contributed by atoms with Crippen LogP contribution in [-0.2, 0) is 4.79 Å². The summed E-state index contributed by atoms with van der Waals surface area (Å²) < 4.78 is 4.96. The van der Waals surface area contributed by atoms with Crippen LogP contribution in [0.3, 0.4) is 0 Å². The van der Waals surface area contributed by atoms with Gasteiger partial charge in [-0.15, -0.1) is 10.2 Å². The molecular weight excluding hydrogens is 350 g/mol. The topological polar surface area (TPSA) is 80.7 Å². The fraction of sp³-hybridized carbons (Fsp3) is 0.214. The fourth-order valence-corrected chi connectivity index (χ4v) is 3.96. The summed E-state index contributed by atoms with van der Waals surface area (Å²) in [4.78, 5) is 16.3. The first-order valence-electron chi connectivity index (χ1n) is 6.73. The Morgan fingerprint density at radius 2 is 2.00 bits per heavy atom. The second-order valence-electron chi connectivity index (χ2n) is 4.71. The number of nitrogens with zero attached hydrogens (tertiary/aromatic N) is 4. The van der Waals surface area contributed by atoms with Crippen LogP contribution in [0.2, 0.25) is 0 Å². The highest BCUT2D eigenvalue weighted by atomic mass is 32.2. The van der Waals surface area contributed by atoms with E-state index in [4.69, 9.17) is 0 Å². The number of hydrogen-bond donors (Lipinski definition) is 1. The van der Waals surface area contributed by atoms with Gasteiger partial charge in [-0.05, 0) is 25.4 Å². The van der Waals surface area contributed by atoms with Crippen LogP contribution in [0.4, 0.5) is 5.95 Å². The van der Waals surface area contributed by atoms with E-state index in [-0.39, 0.29) is 11.7 Å². The molecule has 2 aromatic heterocycles. The summed E-state index contributed by atoms with van der Waals surface area (Å²) >= 11 is 4.09. The van der Waals surface area contributed by atoms with Gasteiger partial charge in [0.05, 0.1) is 5.75 Å². The lowest BCUT2D eigenvalue weighted by molar-refractivity contribution is -0.113. The van der Waals surface area contributed by atoms with E-state index in [0.29, 0.717) is 5.95 Å². The van der Waals surface area contributed by atoms with Crippen molar-refractivity contribution in [3.05, 3.63) is 34.8 Å². The molecule has 0 unspecified atom stereocenters. The Labute approximate surface area is 145 Å². The molecule has 6 nitrogen and oxygen atoms in total. The summed E-state index contributed by atoms with van der Waals surface area (Å²) in [5.74, 6) is 0.439. The molecule has 1 aromatic carbocycles. The van der Waals surface area contributed by atoms with E-state index >= 15 is 0 Å². The van der Waals surface area contributed by atoms with Crippen molar-refractivity contribution in [2.45, 2.75) is 18.2 Å². The van der Waals surface area contributed by atoms with E-state index in [2.05, 4.69) is 24.9 Å². The molecule has 0 saturated heterocycles. The van der Waals surface area contributed by atoms with Crippen molar-refractivity contribution in [1.82, 2.24) is 19.6 Å². The van der Waals surface area contributed by atoms with Gasteiger partial charge in [-0.1, -0.05) is 52.9 Å².